The number of halogens is 3. The van der Waals surface area contributed by atoms with E-state index in [0.29, 0.717) is 6.54 Å². The van der Waals surface area contributed by atoms with Crippen LogP contribution in [0.3, 0.4) is 0 Å². The normalized spacial score (nSPS) is 13.2. The SMILES string of the molecule is Cc1ccc([C@@H](C)NCc2ccc(C(F)(F)F)cc2)cc1. The molecule has 0 unspecified atom stereocenters. The average Bonchev–Trinajstić information content (AvgIpc) is 2.45. The molecule has 2 aromatic rings. The molecule has 2 rings (SSSR count). The van der Waals surface area contributed by atoms with Crippen molar-refractivity contribution in [3.05, 3.63) is 70.8 Å². The molecule has 0 amide bonds. The molecule has 2 aromatic carbocycles. The summed E-state index contributed by atoms with van der Waals surface area (Å²) in [4.78, 5) is 0. The van der Waals surface area contributed by atoms with E-state index in [1.807, 2.05) is 26.0 Å². The van der Waals surface area contributed by atoms with E-state index >= 15 is 0 Å². The first-order valence-corrected chi connectivity index (χ1v) is 6.82. The van der Waals surface area contributed by atoms with Gasteiger partial charge in [0, 0.05) is 12.6 Å². The van der Waals surface area contributed by atoms with Gasteiger partial charge >= 0.3 is 6.18 Å². The van der Waals surface area contributed by atoms with Crippen molar-refractivity contribution in [2.45, 2.75) is 32.6 Å². The Morgan fingerprint density at radius 1 is 0.952 bits per heavy atom. The highest BCUT2D eigenvalue weighted by Crippen LogP contribution is 2.29. The lowest BCUT2D eigenvalue weighted by Gasteiger charge is -2.15. The van der Waals surface area contributed by atoms with Gasteiger partial charge < -0.3 is 5.32 Å². The Morgan fingerprint density at radius 2 is 1.52 bits per heavy atom. The number of nitrogens with one attached hydrogen (secondary N) is 1. The zero-order valence-corrected chi connectivity index (χ0v) is 12.0. The molecule has 0 saturated heterocycles. The van der Waals surface area contributed by atoms with E-state index in [1.54, 1.807) is 0 Å². The summed E-state index contributed by atoms with van der Waals surface area (Å²) in [6, 6.07) is 13.6. The Morgan fingerprint density at radius 3 is 2.05 bits per heavy atom. The largest absolute Gasteiger partial charge is 0.416 e. The molecular weight excluding hydrogens is 275 g/mol. The number of hydrogen-bond donors (Lipinski definition) is 1. The van der Waals surface area contributed by atoms with E-state index in [-0.39, 0.29) is 6.04 Å². The third-order valence-corrected chi connectivity index (χ3v) is 3.47. The molecule has 0 radical (unpaired) electrons. The zero-order valence-electron chi connectivity index (χ0n) is 12.0. The van der Waals surface area contributed by atoms with Crippen LogP contribution in [0.2, 0.25) is 0 Å². The fourth-order valence-corrected chi connectivity index (χ4v) is 2.06. The van der Waals surface area contributed by atoms with Crippen molar-refractivity contribution in [2.75, 3.05) is 0 Å². The van der Waals surface area contributed by atoms with E-state index < -0.39 is 11.7 Å². The van der Waals surface area contributed by atoms with Crippen LogP contribution in [-0.2, 0) is 12.7 Å². The van der Waals surface area contributed by atoms with Gasteiger partial charge in [-0.1, -0.05) is 42.0 Å². The first-order chi connectivity index (χ1) is 9.86. The average molecular weight is 293 g/mol. The highest BCUT2D eigenvalue weighted by molar-refractivity contribution is 5.26. The predicted molar refractivity (Wildman–Crippen MR) is 77.9 cm³/mol. The first-order valence-electron chi connectivity index (χ1n) is 6.82. The summed E-state index contributed by atoms with van der Waals surface area (Å²) < 4.78 is 37.4. The van der Waals surface area contributed by atoms with Crippen LogP contribution in [0.4, 0.5) is 13.2 Å². The number of alkyl halides is 3. The predicted octanol–water partition coefficient (Wildman–Crippen LogP) is 4.86. The Kier molecular flexibility index (Phi) is 4.68. The lowest BCUT2D eigenvalue weighted by Crippen LogP contribution is -2.18. The number of aryl methyl sites for hydroxylation is 1. The standard InChI is InChI=1S/C17H18F3N/c1-12-3-7-15(8-4-12)13(2)21-11-14-5-9-16(10-6-14)17(18,19)20/h3-10,13,21H,11H2,1-2H3/t13-/m1/s1. The van der Waals surface area contributed by atoms with Crippen LogP contribution in [0.1, 0.15) is 35.2 Å². The van der Waals surface area contributed by atoms with Crippen molar-refractivity contribution in [3.8, 4) is 0 Å². The van der Waals surface area contributed by atoms with Crippen molar-refractivity contribution in [2.24, 2.45) is 0 Å². The number of hydrogen-bond acceptors (Lipinski definition) is 1. The fraction of sp³-hybridized carbons (Fsp3) is 0.294. The Bertz CT molecular complexity index is 570. The third kappa shape index (κ3) is 4.33. The minimum absolute atomic E-state index is 0.146. The zero-order chi connectivity index (χ0) is 15.5. The summed E-state index contributed by atoms with van der Waals surface area (Å²) in [5, 5.41) is 3.31. The molecule has 0 fully saturated rings. The molecule has 0 aromatic heterocycles. The maximum Gasteiger partial charge on any atom is 0.416 e. The summed E-state index contributed by atoms with van der Waals surface area (Å²) in [5.74, 6) is 0. The Balaban J connectivity index is 1.95. The van der Waals surface area contributed by atoms with Crippen LogP contribution >= 0.6 is 0 Å². The number of benzene rings is 2. The van der Waals surface area contributed by atoms with Gasteiger partial charge in [0.15, 0.2) is 0 Å². The van der Waals surface area contributed by atoms with E-state index in [9.17, 15) is 13.2 Å². The van der Waals surface area contributed by atoms with Crippen LogP contribution in [0, 0.1) is 6.92 Å². The highest BCUT2D eigenvalue weighted by Gasteiger charge is 2.29. The van der Waals surface area contributed by atoms with E-state index in [4.69, 9.17) is 0 Å². The minimum atomic E-state index is -4.28. The summed E-state index contributed by atoms with van der Waals surface area (Å²) in [5.41, 5.74) is 2.58. The summed E-state index contributed by atoms with van der Waals surface area (Å²) >= 11 is 0. The Labute approximate surface area is 122 Å². The molecule has 1 nitrogen and oxygen atoms in total. The van der Waals surface area contributed by atoms with E-state index in [0.717, 1.165) is 23.3 Å². The molecule has 0 aliphatic carbocycles. The van der Waals surface area contributed by atoms with Gasteiger partial charge in [0.05, 0.1) is 5.56 Å². The monoisotopic (exact) mass is 293 g/mol. The molecule has 21 heavy (non-hydrogen) atoms. The van der Waals surface area contributed by atoms with Crippen LogP contribution < -0.4 is 5.32 Å². The molecule has 0 bridgehead atoms. The maximum absolute atomic E-state index is 12.5. The molecule has 0 aliphatic heterocycles. The smallest absolute Gasteiger partial charge is 0.306 e. The summed E-state index contributed by atoms with van der Waals surface area (Å²) in [6.45, 7) is 4.60. The quantitative estimate of drug-likeness (QED) is 0.848. The molecular formula is C17H18F3N. The van der Waals surface area contributed by atoms with Crippen molar-refractivity contribution < 1.29 is 13.2 Å². The van der Waals surface area contributed by atoms with Gasteiger partial charge in [0.2, 0.25) is 0 Å². The maximum atomic E-state index is 12.5. The van der Waals surface area contributed by atoms with Crippen LogP contribution in [-0.4, -0.2) is 0 Å². The van der Waals surface area contributed by atoms with Gasteiger partial charge in [-0.3, -0.25) is 0 Å². The second-order valence-corrected chi connectivity index (χ2v) is 5.21. The second-order valence-electron chi connectivity index (χ2n) is 5.21. The molecule has 0 aliphatic rings. The van der Waals surface area contributed by atoms with Crippen LogP contribution in [0.15, 0.2) is 48.5 Å². The van der Waals surface area contributed by atoms with Gasteiger partial charge in [0.25, 0.3) is 0 Å². The van der Waals surface area contributed by atoms with E-state index in [2.05, 4.69) is 17.4 Å². The van der Waals surface area contributed by atoms with Crippen LogP contribution in [0.5, 0.6) is 0 Å². The molecule has 1 N–H and O–H groups in total. The molecule has 1 atom stereocenters. The number of rotatable bonds is 4. The van der Waals surface area contributed by atoms with Gasteiger partial charge in [-0.25, -0.2) is 0 Å². The molecule has 0 saturated carbocycles. The second kappa shape index (κ2) is 6.31. The molecule has 4 heteroatoms. The molecule has 0 spiro atoms. The summed E-state index contributed by atoms with van der Waals surface area (Å²) in [7, 11) is 0. The highest BCUT2D eigenvalue weighted by atomic mass is 19.4. The Hall–Kier alpha value is -1.81. The van der Waals surface area contributed by atoms with Gasteiger partial charge in [0.1, 0.15) is 0 Å². The lowest BCUT2D eigenvalue weighted by atomic mass is 10.1. The van der Waals surface area contributed by atoms with Gasteiger partial charge in [-0.15, -0.1) is 0 Å². The van der Waals surface area contributed by atoms with E-state index in [1.165, 1.54) is 17.7 Å². The third-order valence-electron chi connectivity index (χ3n) is 3.47. The van der Waals surface area contributed by atoms with Crippen molar-refractivity contribution in [1.82, 2.24) is 5.32 Å². The topological polar surface area (TPSA) is 12.0 Å². The van der Waals surface area contributed by atoms with Crippen molar-refractivity contribution in [3.63, 3.8) is 0 Å². The lowest BCUT2D eigenvalue weighted by molar-refractivity contribution is -0.137. The van der Waals surface area contributed by atoms with Gasteiger partial charge in [-0.2, -0.15) is 13.2 Å². The van der Waals surface area contributed by atoms with Crippen molar-refractivity contribution in [1.29, 1.82) is 0 Å². The van der Waals surface area contributed by atoms with Crippen LogP contribution in [0.25, 0.3) is 0 Å². The molecule has 0 heterocycles. The van der Waals surface area contributed by atoms with Gasteiger partial charge in [-0.05, 0) is 37.1 Å². The minimum Gasteiger partial charge on any atom is -0.306 e. The summed E-state index contributed by atoms with van der Waals surface area (Å²) in [6.07, 6.45) is -4.28. The first kappa shape index (κ1) is 15.6. The molecule has 112 valence electrons. The fourth-order valence-electron chi connectivity index (χ4n) is 2.06. The van der Waals surface area contributed by atoms with Crippen molar-refractivity contribution >= 4 is 0 Å².